The predicted octanol–water partition coefficient (Wildman–Crippen LogP) is 2.09. The second kappa shape index (κ2) is 7.11. The fourth-order valence-corrected chi connectivity index (χ4v) is 3.18. The largest absolute Gasteiger partial charge is 0.497 e. The predicted molar refractivity (Wildman–Crippen MR) is 95.4 cm³/mol. The lowest BCUT2D eigenvalue weighted by atomic mass is 10.1. The van der Waals surface area contributed by atoms with Crippen LogP contribution in [-0.2, 0) is 0 Å². The Morgan fingerprint density at radius 1 is 1.43 bits per heavy atom. The van der Waals surface area contributed by atoms with Gasteiger partial charge in [-0.2, -0.15) is 0 Å². The van der Waals surface area contributed by atoms with E-state index in [1.54, 1.807) is 7.11 Å². The number of nitrogens with zero attached hydrogens (tertiary/aromatic N) is 2. The Hall–Kier alpha value is -1.91. The molecular formula is C18H28N4O. The first kappa shape index (κ1) is 16.0. The molecule has 1 saturated heterocycles. The number of ether oxygens (including phenoxy) is 1. The summed E-state index contributed by atoms with van der Waals surface area (Å²) in [6.07, 6.45) is 2.47. The molecule has 1 saturated carbocycles. The maximum absolute atomic E-state index is 5.32. The van der Waals surface area contributed by atoms with Crippen molar-refractivity contribution in [3.8, 4) is 5.75 Å². The smallest absolute Gasteiger partial charge is 0.191 e. The lowest BCUT2D eigenvalue weighted by Gasteiger charge is -2.20. The van der Waals surface area contributed by atoms with Crippen molar-refractivity contribution in [2.24, 2.45) is 16.8 Å². The molecule has 0 amide bonds. The van der Waals surface area contributed by atoms with E-state index >= 15 is 0 Å². The molecular weight excluding hydrogens is 288 g/mol. The molecule has 1 aromatic rings. The van der Waals surface area contributed by atoms with Gasteiger partial charge in [-0.25, -0.2) is 0 Å². The number of benzene rings is 1. The van der Waals surface area contributed by atoms with E-state index in [1.165, 1.54) is 18.5 Å². The van der Waals surface area contributed by atoms with Crippen LogP contribution in [0.3, 0.4) is 0 Å². The molecule has 0 aromatic heterocycles. The molecule has 1 aliphatic heterocycles. The zero-order chi connectivity index (χ0) is 16.2. The highest BCUT2D eigenvalue weighted by Gasteiger charge is 2.33. The van der Waals surface area contributed by atoms with Crippen molar-refractivity contribution < 1.29 is 4.74 Å². The van der Waals surface area contributed by atoms with Crippen LogP contribution in [0.2, 0.25) is 0 Å². The summed E-state index contributed by atoms with van der Waals surface area (Å²) in [5.41, 5.74) is 1.25. The summed E-state index contributed by atoms with van der Waals surface area (Å²) in [5, 5.41) is 6.97. The Morgan fingerprint density at radius 2 is 2.26 bits per heavy atom. The van der Waals surface area contributed by atoms with E-state index in [0.29, 0.717) is 12.0 Å². The van der Waals surface area contributed by atoms with Gasteiger partial charge < -0.3 is 20.3 Å². The normalized spacial score (nSPS) is 27.0. The molecule has 2 N–H and O–H groups in total. The highest BCUT2D eigenvalue weighted by atomic mass is 16.5. The second-order valence-electron chi connectivity index (χ2n) is 6.72. The van der Waals surface area contributed by atoms with Gasteiger partial charge in [0.25, 0.3) is 0 Å². The summed E-state index contributed by atoms with van der Waals surface area (Å²) in [4.78, 5) is 6.77. The SMILES string of the molecule is CN=C(NCC1CCN(c2cccc(OC)c2)C1)NC1CC1C. The summed E-state index contributed by atoms with van der Waals surface area (Å²) in [7, 11) is 3.56. The van der Waals surface area contributed by atoms with Gasteiger partial charge in [0.05, 0.1) is 7.11 Å². The first-order valence-corrected chi connectivity index (χ1v) is 8.55. The van der Waals surface area contributed by atoms with Crippen molar-refractivity contribution in [2.75, 3.05) is 38.7 Å². The standard InChI is InChI=1S/C18H28N4O/c1-13-9-17(13)21-18(19-2)20-11-14-7-8-22(12-14)15-5-4-6-16(10-15)23-3/h4-6,10,13-14,17H,7-9,11-12H2,1-3H3,(H2,19,20,21). The van der Waals surface area contributed by atoms with Crippen molar-refractivity contribution >= 4 is 11.6 Å². The number of hydrogen-bond acceptors (Lipinski definition) is 3. The van der Waals surface area contributed by atoms with Crippen LogP contribution in [0.25, 0.3) is 0 Å². The monoisotopic (exact) mass is 316 g/mol. The van der Waals surface area contributed by atoms with Gasteiger partial charge in [-0.1, -0.05) is 13.0 Å². The van der Waals surface area contributed by atoms with Gasteiger partial charge in [0.2, 0.25) is 0 Å². The molecule has 3 unspecified atom stereocenters. The van der Waals surface area contributed by atoms with Gasteiger partial charge in [-0.3, -0.25) is 4.99 Å². The van der Waals surface area contributed by atoms with Crippen LogP contribution in [0.4, 0.5) is 5.69 Å². The van der Waals surface area contributed by atoms with E-state index in [-0.39, 0.29) is 0 Å². The first-order chi connectivity index (χ1) is 11.2. The molecule has 0 spiro atoms. The molecule has 2 aliphatic rings. The molecule has 1 heterocycles. The highest BCUT2D eigenvalue weighted by Crippen LogP contribution is 2.29. The summed E-state index contributed by atoms with van der Waals surface area (Å²) >= 11 is 0. The maximum atomic E-state index is 5.32. The van der Waals surface area contributed by atoms with Crippen molar-refractivity contribution in [3.05, 3.63) is 24.3 Å². The molecule has 1 aromatic carbocycles. The molecule has 3 atom stereocenters. The van der Waals surface area contributed by atoms with Gasteiger partial charge in [0.15, 0.2) is 5.96 Å². The van der Waals surface area contributed by atoms with Crippen LogP contribution < -0.4 is 20.3 Å². The minimum absolute atomic E-state index is 0.609. The zero-order valence-corrected chi connectivity index (χ0v) is 14.4. The van der Waals surface area contributed by atoms with Crippen LogP contribution in [0.5, 0.6) is 5.75 Å². The van der Waals surface area contributed by atoms with Gasteiger partial charge in [-0.05, 0) is 36.8 Å². The second-order valence-corrected chi connectivity index (χ2v) is 6.72. The van der Waals surface area contributed by atoms with Gasteiger partial charge in [0, 0.05) is 44.5 Å². The van der Waals surface area contributed by atoms with Crippen molar-refractivity contribution in [3.63, 3.8) is 0 Å². The van der Waals surface area contributed by atoms with E-state index in [9.17, 15) is 0 Å². The molecule has 5 heteroatoms. The van der Waals surface area contributed by atoms with E-state index in [1.807, 2.05) is 13.1 Å². The molecule has 0 bridgehead atoms. The van der Waals surface area contributed by atoms with Crippen molar-refractivity contribution in [1.82, 2.24) is 10.6 Å². The number of anilines is 1. The number of hydrogen-bond donors (Lipinski definition) is 2. The Kier molecular flexibility index (Phi) is 4.94. The van der Waals surface area contributed by atoms with Crippen LogP contribution in [0, 0.1) is 11.8 Å². The van der Waals surface area contributed by atoms with E-state index in [2.05, 4.69) is 45.6 Å². The molecule has 1 aliphatic carbocycles. The third kappa shape index (κ3) is 4.09. The van der Waals surface area contributed by atoms with E-state index in [0.717, 1.165) is 37.3 Å². The molecule has 0 radical (unpaired) electrons. The van der Waals surface area contributed by atoms with Crippen molar-refractivity contribution in [1.29, 1.82) is 0 Å². The van der Waals surface area contributed by atoms with Crippen LogP contribution in [-0.4, -0.2) is 45.8 Å². The third-order valence-corrected chi connectivity index (χ3v) is 4.92. The van der Waals surface area contributed by atoms with E-state index in [4.69, 9.17) is 4.74 Å². The maximum Gasteiger partial charge on any atom is 0.191 e. The average molecular weight is 316 g/mol. The zero-order valence-electron chi connectivity index (χ0n) is 14.4. The Bertz CT molecular complexity index is 560. The summed E-state index contributed by atoms with van der Waals surface area (Å²) in [6, 6.07) is 8.94. The Morgan fingerprint density at radius 3 is 2.96 bits per heavy atom. The number of guanidine groups is 1. The summed E-state index contributed by atoms with van der Waals surface area (Å²) in [6.45, 7) is 5.43. The third-order valence-electron chi connectivity index (χ3n) is 4.92. The molecule has 3 rings (SSSR count). The number of nitrogens with one attached hydrogen (secondary N) is 2. The quantitative estimate of drug-likeness (QED) is 0.645. The first-order valence-electron chi connectivity index (χ1n) is 8.55. The molecule has 23 heavy (non-hydrogen) atoms. The topological polar surface area (TPSA) is 48.9 Å². The number of rotatable bonds is 5. The van der Waals surface area contributed by atoms with E-state index < -0.39 is 0 Å². The number of methoxy groups -OCH3 is 1. The number of aliphatic imine (C=N–C) groups is 1. The summed E-state index contributed by atoms with van der Waals surface area (Å²) in [5.74, 6) is 3.30. The fourth-order valence-electron chi connectivity index (χ4n) is 3.18. The Balaban J connectivity index is 1.47. The Labute approximate surface area is 139 Å². The molecule has 5 nitrogen and oxygen atoms in total. The minimum Gasteiger partial charge on any atom is -0.497 e. The lowest BCUT2D eigenvalue weighted by Crippen LogP contribution is -2.41. The summed E-state index contributed by atoms with van der Waals surface area (Å²) < 4.78 is 5.32. The molecule has 126 valence electrons. The van der Waals surface area contributed by atoms with Crippen LogP contribution >= 0.6 is 0 Å². The highest BCUT2D eigenvalue weighted by molar-refractivity contribution is 5.80. The minimum atomic E-state index is 0.609. The van der Waals surface area contributed by atoms with Crippen LogP contribution in [0.1, 0.15) is 19.8 Å². The molecule has 2 fully saturated rings. The average Bonchev–Trinajstić information content (AvgIpc) is 3.08. The van der Waals surface area contributed by atoms with Crippen LogP contribution in [0.15, 0.2) is 29.3 Å². The van der Waals surface area contributed by atoms with Gasteiger partial charge in [-0.15, -0.1) is 0 Å². The fraction of sp³-hybridized carbons (Fsp3) is 0.611. The lowest BCUT2D eigenvalue weighted by molar-refractivity contribution is 0.415. The van der Waals surface area contributed by atoms with Gasteiger partial charge in [0.1, 0.15) is 5.75 Å². The van der Waals surface area contributed by atoms with Gasteiger partial charge >= 0.3 is 0 Å². The van der Waals surface area contributed by atoms with Crippen molar-refractivity contribution in [2.45, 2.75) is 25.8 Å².